The summed E-state index contributed by atoms with van der Waals surface area (Å²) >= 11 is 6.28. The Morgan fingerprint density at radius 1 is 1.33 bits per heavy atom. The number of rotatable bonds is 6. The van der Waals surface area contributed by atoms with E-state index in [9.17, 15) is 15.4 Å². The Bertz CT molecular complexity index is 786. The highest BCUT2D eigenvalue weighted by molar-refractivity contribution is 6.31. The molecule has 0 saturated heterocycles. The SMILES string of the molecule is CN(C)C(CNc1ccc([N+](=O)[O-])cc1C#N)c1ccccc1Cl. The number of halogens is 1. The minimum absolute atomic E-state index is 0.0135. The molecule has 0 bridgehead atoms. The Kier molecular flexibility index (Phi) is 5.74. The molecule has 0 fully saturated rings. The first-order valence-electron chi connectivity index (χ1n) is 7.27. The zero-order valence-electron chi connectivity index (χ0n) is 13.4. The van der Waals surface area contributed by atoms with Gasteiger partial charge in [0.25, 0.3) is 5.69 Å². The van der Waals surface area contributed by atoms with Crippen molar-refractivity contribution in [1.82, 2.24) is 4.90 Å². The van der Waals surface area contributed by atoms with Gasteiger partial charge in [-0.25, -0.2) is 0 Å². The Morgan fingerprint density at radius 2 is 2.04 bits per heavy atom. The average Bonchev–Trinajstić information content (AvgIpc) is 2.56. The fourth-order valence-corrected chi connectivity index (χ4v) is 2.68. The maximum Gasteiger partial charge on any atom is 0.270 e. The third-order valence-corrected chi connectivity index (χ3v) is 4.05. The molecule has 2 rings (SSSR count). The molecule has 0 radical (unpaired) electrons. The summed E-state index contributed by atoms with van der Waals surface area (Å²) in [5.74, 6) is 0. The molecule has 2 aromatic carbocycles. The van der Waals surface area contributed by atoms with Crippen LogP contribution in [-0.4, -0.2) is 30.5 Å². The van der Waals surface area contributed by atoms with E-state index in [1.807, 2.05) is 49.3 Å². The average molecular weight is 345 g/mol. The zero-order chi connectivity index (χ0) is 17.7. The van der Waals surface area contributed by atoms with Crippen molar-refractivity contribution in [1.29, 1.82) is 5.26 Å². The van der Waals surface area contributed by atoms with Gasteiger partial charge >= 0.3 is 0 Å². The highest BCUT2D eigenvalue weighted by Gasteiger charge is 2.18. The summed E-state index contributed by atoms with van der Waals surface area (Å²) in [5.41, 5.74) is 1.66. The normalized spacial score (nSPS) is 11.8. The lowest BCUT2D eigenvalue weighted by atomic mass is 10.1. The van der Waals surface area contributed by atoms with Crippen LogP contribution >= 0.6 is 11.6 Å². The van der Waals surface area contributed by atoms with Crippen LogP contribution < -0.4 is 5.32 Å². The van der Waals surface area contributed by atoms with Crippen molar-refractivity contribution in [2.24, 2.45) is 0 Å². The number of nitrogens with one attached hydrogen (secondary N) is 1. The highest BCUT2D eigenvalue weighted by atomic mass is 35.5. The number of nitrogens with zero attached hydrogens (tertiary/aromatic N) is 3. The van der Waals surface area contributed by atoms with E-state index in [4.69, 9.17) is 11.6 Å². The van der Waals surface area contributed by atoms with Gasteiger partial charge in [0.15, 0.2) is 0 Å². The fraction of sp³-hybridized carbons (Fsp3) is 0.235. The van der Waals surface area contributed by atoms with Crippen LogP contribution in [0.1, 0.15) is 17.2 Å². The van der Waals surface area contributed by atoms with E-state index >= 15 is 0 Å². The number of hydrogen-bond acceptors (Lipinski definition) is 5. The molecule has 0 aliphatic rings. The van der Waals surface area contributed by atoms with Crippen molar-refractivity contribution in [3.8, 4) is 6.07 Å². The number of nitro groups is 1. The van der Waals surface area contributed by atoms with Gasteiger partial charge in [0, 0.05) is 23.7 Å². The van der Waals surface area contributed by atoms with Gasteiger partial charge in [0.05, 0.1) is 22.2 Å². The van der Waals surface area contributed by atoms with Gasteiger partial charge in [0.2, 0.25) is 0 Å². The monoisotopic (exact) mass is 344 g/mol. The van der Waals surface area contributed by atoms with Crippen LogP contribution in [0.15, 0.2) is 42.5 Å². The summed E-state index contributed by atoms with van der Waals surface area (Å²) in [5, 5.41) is 23.9. The number of nitriles is 1. The second-order valence-corrected chi connectivity index (χ2v) is 5.89. The van der Waals surface area contributed by atoms with Crippen LogP contribution in [0.3, 0.4) is 0 Å². The summed E-state index contributed by atoms with van der Waals surface area (Å²) in [6.45, 7) is 0.503. The van der Waals surface area contributed by atoms with E-state index in [0.717, 1.165) is 5.56 Å². The standard InChI is InChI=1S/C17H17ClN4O2/c1-21(2)17(14-5-3-4-6-15(14)18)11-20-16-8-7-13(22(23)24)9-12(16)10-19/h3-9,17,20H,11H2,1-2H3. The molecule has 6 nitrogen and oxygen atoms in total. The predicted molar refractivity (Wildman–Crippen MR) is 94.2 cm³/mol. The van der Waals surface area contributed by atoms with E-state index in [1.54, 1.807) is 6.07 Å². The first-order valence-corrected chi connectivity index (χ1v) is 7.65. The van der Waals surface area contributed by atoms with Crippen molar-refractivity contribution in [2.75, 3.05) is 26.0 Å². The molecule has 124 valence electrons. The van der Waals surface area contributed by atoms with Gasteiger partial charge < -0.3 is 10.2 Å². The van der Waals surface area contributed by atoms with Crippen molar-refractivity contribution in [2.45, 2.75) is 6.04 Å². The molecule has 0 saturated carbocycles. The van der Waals surface area contributed by atoms with Crippen LogP contribution in [0.25, 0.3) is 0 Å². The summed E-state index contributed by atoms with van der Waals surface area (Å²) in [7, 11) is 3.88. The van der Waals surface area contributed by atoms with Gasteiger partial charge in [-0.1, -0.05) is 29.8 Å². The van der Waals surface area contributed by atoms with Gasteiger partial charge in [-0.2, -0.15) is 5.26 Å². The van der Waals surface area contributed by atoms with Crippen LogP contribution in [0.5, 0.6) is 0 Å². The Balaban J connectivity index is 2.23. The number of anilines is 1. The van der Waals surface area contributed by atoms with Crippen LogP contribution in [0.4, 0.5) is 11.4 Å². The number of non-ortho nitro benzene ring substituents is 1. The largest absolute Gasteiger partial charge is 0.382 e. The molecule has 2 aromatic rings. The third-order valence-electron chi connectivity index (χ3n) is 3.71. The lowest BCUT2D eigenvalue weighted by molar-refractivity contribution is -0.384. The molecule has 7 heteroatoms. The maximum absolute atomic E-state index is 10.8. The van der Waals surface area contributed by atoms with Crippen LogP contribution in [0.2, 0.25) is 5.02 Å². The number of benzene rings is 2. The van der Waals surface area contributed by atoms with E-state index in [2.05, 4.69) is 5.32 Å². The Morgan fingerprint density at radius 3 is 2.62 bits per heavy atom. The molecule has 0 aromatic heterocycles. The maximum atomic E-state index is 10.8. The summed E-state index contributed by atoms with van der Waals surface area (Å²) in [6.07, 6.45) is 0. The zero-order valence-corrected chi connectivity index (χ0v) is 14.1. The minimum atomic E-state index is -0.517. The van der Waals surface area contributed by atoms with Crippen molar-refractivity contribution < 1.29 is 4.92 Å². The van der Waals surface area contributed by atoms with Crippen molar-refractivity contribution in [3.05, 3.63) is 68.7 Å². The lowest BCUT2D eigenvalue weighted by Gasteiger charge is -2.26. The van der Waals surface area contributed by atoms with Gasteiger partial charge in [-0.3, -0.25) is 10.1 Å². The first-order chi connectivity index (χ1) is 11.4. The van der Waals surface area contributed by atoms with Gasteiger partial charge in [-0.05, 0) is 31.8 Å². The van der Waals surface area contributed by atoms with Gasteiger partial charge in [0.1, 0.15) is 6.07 Å². The number of nitro benzene ring substituents is 1. The summed E-state index contributed by atoms with van der Waals surface area (Å²) < 4.78 is 0. The third kappa shape index (κ3) is 4.02. The van der Waals surface area contributed by atoms with E-state index in [-0.39, 0.29) is 17.3 Å². The number of hydrogen-bond donors (Lipinski definition) is 1. The molecule has 24 heavy (non-hydrogen) atoms. The number of likely N-dealkylation sites (N-methyl/N-ethyl adjacent to an activating group) is 1. The van der Waals surface area contributed by atoms with E-state index < -0.39 is 4.92 Å². The van der Waals surface area contributed by atoms with Crippen LogP contribution in [-0.2, 0) is 0 Å². The fourth-order valence-electron chi connectivity index (χ4n) is 2.42. The summed E-state index contributed by atoms with van der Waals surface area (Å²) in [4.78, 5) is 12.3. The first kappa shape index (κ1) is 17.7. The van der Waals surface area contributed by atoms with Crippen LogP contribution in [0, 0.1) is 21.4 Å². The molecule has 1 atom stereocenters. The molecular weight excluding hydrogens is 328 g/mol. The minimum Gasteiger partial charge on any atom is -0.382 e. The van der Waals surface area contributed by atoms with E-state index in [0.29, 0.717) is 17.3 Å². The van der Waals surface area contributed by atoms with Gasteiger partial charge in [-0.15, -0.1) is 0 Å². The van der Waals surface area contributed by atoms with E-state index in [1.165, 1.54) is 12.1 Å². The highest BCUT2D eigenvalue weighted by Crippen LogP contribution is 2.27. The molecule has 0 spiro atoms. The molecule has 1 N–H and O–H groups in total. The second kappa shape index (κ2) is 7.77. The second-order valence-electron chi connectivity index (χ2n) is 5.48. The molecule has 0 aliphatic heterocycles. The summed E-state index contributed by atoms with van der Waals surface area (Å²) in [6, 6.07) is 13.8. The molecule has 1 unspecified atom stereocenters. The molecular formula is C17H17ClN4O2. The smallest absolute Gasteiger partial charge is 0.270 e. The Labute approximate surface area is 145 Å². The topological polar surface area (TPSA) is 82.2 Å². The Hall–Kier alpha value is -2.62. The predicted octanol–water partition coefficient (Wildman–Crippen LogP) is 3.83. The molecule has 0 aliphatic carbocycles. The quantitative estimate of drug-likeness (QED) is 0.636. The lowest BCUT2D eigenvalue weighted by Crippen LogP contribution is -2.27. The van der Waals surface area contributed by atoms with Crippen molar-refractivity contribution in [3.63, 3.8) is 0 Å². The molecule has 0 heterocycles. The van der Waals surface area contributed by atoms with Crippen molar-refractivity contribution >= 4 is 23.0 Å². The molecule has 0 amide bonds.